The average molecular weight is 266 g/mol. The summed E-state index contributed by atoms with van der Waals surface area (Å²) in [6.07, 6.45) is 1.61. The number of furan rings is 1. The van der Waals surface area contributed by atoms with Crippen molar-refractivity contribution in [1.29, 1.82) is 0 Å². The summed E-state index contributed by atoms with van der Waals surface area (Å²) in [5, 5.41) is 7.57. The van der Waals surface area contributed by atoms with Crippen LogP contribution in [0.5, 0.6) is 0 Å². The third-order valence-electron chi connectivity index (χ3n) is 2.80. The van der Waals surface area contributed by atoms with Crippen molar-refractivity contribution in [2.75, 3.05) is 5.32 Å². The second kappa shape index (κ2) is 5.05. The number of para-hydroxylation sites is 1. The molecule has 0 aliphatic rings. The Hall–Kier alpha value is -2.82. The minimum absolute atomic E-state index is 0.607. The quantitative estimate of drug-likeness (QED) is 0.786. The van der Waals surface area contributed by atoms with Crippen LogP contribution in [0.1, 0.15) is 11.6 Å². The van der Waals surface area contributed by atoms with Gasteiger partial charge in [-0.3, -0.25) is 0 Å². The highest BCUT2D eigenvalue weighted by molar-refractivity contribution is 5.64. The van der Waals surface area contributed by atoms with Crippen molar-refractivity contribution in [2.45, 2.75) is 6.92 Å². The Labute approximate surface area is 116 Å². The average Bonchev–Trinajstić information content (AvgIpc) is 3.09. The van der Waals surface area contributed by atoms with Crippen LogP contribution in [0, 0.1) is 6.92 Å². The summed E-state index contributed by atoms with van der Waals surface area (Å²) in [5.74, 6) is 1.93. The zero-order chi connectivity index (χ0) is 13.9. The van der Waals surface area contributed by atoms with E-state index in [9.17, 15) is 0 Å². The van der Waals surface area contributed by atoms with E-state index in [1.807, 2.05) is 49.4 Å². The Kier molecular flexibility index (Phi) is 3.09. The Morgan fingerprint density at radius 3 is 2.70 bits per heavy atom. The summed E-state index contributed by atoms with van der Waals surface area (Å²) in [6.45, 7) is 5.85. The number of nitrogens with zero attached hydrogens (tertiary/aromatic N) is 3. The molecule has 3 aromatic rings. The molecule has 0 aliphatic heterocycles. The molecule has 1 N–H and O–H groups in total. The maximum absolute atomic E-state index is 5.35. The number of aromatic nitrogens is 3. The fourth-order valence-electron chi connectivity index (χ4n) is 1.88. The Balaban J connectivity index is 1.94. The van der Waals surface area contributed by atoms with Gasteiger partial charge in [-0.1, -0.05) is 24.8 Å². The van der Waals surface area contributed by atoms with Crippen LogP contribution in [0.2, 0.25) is 0 Å². The van der Waals surface area contributed by atoms with Crippen LogP contribution in [-0.4, -0.2) is 14.8 Å². The summed E-state index contributed by atoms with van der Waals surface area (Å²) in [4.78, 5) is 4.38. The van der Waals surface area contributed by atoms with E-state index in [2.05, 4.69) is 22.0 Å². The van der Waals surface area contributed by atoms with Crippen molar-refractivity contribution in [3.8, 4) is 0 Å². The standard InChI is InChI=1S/C15H14N4O/c1-11(14-9-6-10-20-14)19-15(16-12(2)18-19)17-13-7-4-3-5-8-13/h3-10H,1H2,2H3,(H,16,17,18). The summed E-state index contributed by atoms with van der Waals surface area (Å²) >= 11 is 0. The molecule has 0 radical (unpaired) electrons. The van der Waals surface area contributed by atoms with Gasteiger partial charge >= 0.3 is 0 Å². The number of hydrogen-bond acceptors (Lipinski definition) is 4. The molecule has 100 valence electrons. The number of hydrogen-bond donors (Lipinski definition) is 1. The third-order valence-corrected chi connectivity index (χ3v) is 2.80. The van der Waals surface area contributed by atoms with E-state index in [-0.39, 0.29) is 0 Å². The largest absolute Gasteiger partial charge is 0.463 e. The van der Waals surface area contributed by atoms with E-state index < -0.39 is 0 Å². The highest BCUT2D eigenvalue weighted by Crippen LogP contribution is 2.21. The molecule has 0 atom stereocenters. The lowest BCUT2D eigenvalue weighted by atomic mass is 10.3. The van der Waals surface area contributed by atoms with Gasteiger partial charge in [0.05, 0.1) is 6.26 Å². The lowest BCUT2D eigenvalue weighted by Crippen LogP contribution is -2.04. The molecule has 0 amide bonds. The molecule has 1 aromatic carbocycles. The summed E-state index contributed by atoms with van der Waals surface area (Å²) in [6, 6.07) is 13.5. The van der Waals surface area contributed by atoms with Crippen LogP contribution >= 0.6 is 0 Å². The first-order valence-corrected chi connectivity index (χ1v) is 6.23. The Morgan fingerprint density at radius 1 is 1.20 bits per heavy atom. The summed E-state index contributed by atoms with van der Waals surface area (Å²) < 4.78 is 6.99. The molecule has 20 heavy (non-hydrogen) atoms. The molecular formula is C15H14N4O. The molecule has 5 heteroatoms. The fraction of sp³-hybridized carbons (Fsp3) is 0.0667. The van der Waals surface area contributed by atoms with E-state index >= 15 is 0 Å². The number of rotatable bonds is 4. The molecular weight excluding hydrogens is 252 g/mol. The van der Waals surface area contributed by atoms with Gasteiger partial charge in [-0.15, -0.1) is 5.10 Å². The van der Waals surface area contributed by atoms with Gasteiger partial charge in [0.25, 0.3) is 0 Å². The molecule has 0 spiro atoms. The van der Waals surface area contributed by atoms with Gasteiger partial charge in [-0.2, -0.15) is 9.67 Å². The van der Waals surface area contributed by atoms with Gasteiger partial charge in [0.2, 0.25) is 5.95 Å². The van der Waals surface area contributed by atoms with Gasteiger partial charge in [0.1, 0.15) is 11.5 Å². The van der Waals surface area contributed by atoms with Crippen LogP contribution in [-0.2, 0) is 0 Å². The van der Waals surface area contributed by atoms with Crippen molar-refractivity contribution in [3.05, 3.63) is 66.9 Å². The smallest absolute Gasteiger partial charge is 0.230 e. The van der Waals surface area contributed by atoms with Crippen LogP contribution < -0.4 is 5.32 Å². The SMILES string of the molecule is C=C(c1ccco1)n1nc(C)nc1Nc1ccccc1. The molecule has 0 unspecified atom stereocenters. The van der Waals surface area contributed by atoms with E-state index in [1.165, 1.54) is 0 Å². The maximum atomic E-state index is 5.35. The fourth-order valence-corrected chi connectivity index (χ4v) is 1.88. The van der Waals surface area contributed by atoms with Crippen molar-refractivity contribution in [3.63, 3.8) is 0 Å². The molecule has 2 heterocycles. The van der Waals surface area contributed by atoms with Gasteiger partial charge in [0, 0.05) is 5.69 Å². The van der Waals surface area contributed by atoms with Crippen molar-refractivity contribution in [2.24, 2.45) is 0 Å². The van der Waals surface area contributed by atoms with Crippen molar-refractivity contribution in [1.82, 2.24) is 14.8 Å². The predicted octanol–water partition coefficient (Wildman–Crippen LogP) is 3.44. The van der Waals surface area contributed by atoms with Crippen molar-refractivity contribution < 1.29 is 4.42 Å². The normalized spacial score (nSPS) is 10.4. The van der Waals surface area contributed by atoms with Gasteiger partial charge in [-0.05, 0) is 31.2 Å². The lowest BCUT2D eigenvalue weighted by molar-refractivity contribution is 0.546. The molecule has 0 saturated carbocycles. The number of nitrogens with one attached hydrogen (secondary N) is 1. The predicted molar refractivity (Wildman–Crippen MR) is 77.6 cm³/mol. The van der Waals surface area contributed by atoms with Crippen LogP contribution in [0.3, 0.4) is 0 Å². The molecule has 2 aromatic heterocycles. The lowest BCUT2D eigenvalue weighted by Gasteiger charge is -2.08. The van der Waals surface area contributed by atoms with Crippen LogP contribution in [0.15, 0.2) is 59.7 Å². The van der Waals surface area contributed by atoms with E-state index in [4.69, 9.17) is 4.42 Å². The number of aryl methyl sites for hydroxylation is 1. The van der Waals surface area contributed by atoms with E-state index in [0.717, 1.165) is 5.69 Å². The van der Waals surface area contributed by atoms with Gasteiger partial charge < -0.3 is 9.73 Å². The number of anilines is 2. The molecule has 3 rings (SSSR count). The maximum Gasteiger partial charge on any atom is 0.230 e. The summed E-state index contributed by atoms with van der Waals surface area (Å²) in [5.41, 5.74) is 1.57. The van der Waals surface area contributed by atoms with E-state index in [1.54, 1.807) is 10.9 Å². The molecule has 0 bridgehead atoms. The third kappa shape index (κ3) is 2.33. The topological polar surface area (TPSA) is 55.9 Å². The molecule has 0 fully saturated rings. The van der Waals surface area contributed by atoms with Crippen LogP contribution in [0.25, 0.3) is 5.70 Å². The zero-order valence-electron chi connectivity index (χ0n) is 11.1. The first-order chi connectivity index (χ1) is 9.74. The number of benzene rings is 1. The highest BCUT2D eigenvalue weighted by atomic mass is 16.3. The minimum atomic E-state index is 0.607. The van der Waals surface area contributed by atoms with Gasteiger partial charge in [-0.25, -0.2) is 0 Å². The zero-order valence-corrected chi connectivity index (χ0v) is 11.1. The first kappa shape index (κ1) is 12.2. The molecule has 0 saturated heterocycles. The van der Waals surface area contributed by atoms with Gasteiger partial charge in [0.15, 0.2) is 5.76 Å². The summed E-state index contributed by atoms with van der Waals surface area (Å²) in [7, 11) is 0. The minimum Gasteiger partial charge on any atom is -0.463 e. The Bertz CT molecular complexity index is 714. The van der Waals surface area contributed by atoms with Crippen molar-refractivity contribution >= 4 is 17.3 Å². The highest BCUT2D eigenvalue weighted by Gasteiger charge is 2.13. The first-order valence-electron chi connectivity index (χ1n) is 6.23. The molecule has 0 aliphatic carbocycles. The molecule has 5 nitrogen and oxygen atoms in total. The van der Waals surface area contributed by atoms with E-state index in [0.29, 0.717) is 23.2 Å². The second-order valence-electron chi connectivity index (χ2n) is 4.31. The Morgan fingerprint density at radius 2 is 2.00 bits per heavy atom. The van der Waals surface area contributed by atoms with Crippen LogP contribution in [0.4, 0.5) is 11.6 Å². The second-order valence-corrected chi connectivity index (χ2v) is 4.31. The monoisotopic (exact) mass is 266 g/mol.